The van der Waals surface area contributed by atoms with Crippen LogP contribution in [0.15, 0.2) is 72.8 Å². The highest BCUT2D eigenvalue weighted by molar-refractivity contribution is 6.09. The van der Waals surface area contributed by atoms with Crippen molar-refractivity contribution < 1.29 is 19.2 Å². The Bertz CT molecular complexity index is 3080. The first-order valence-corrected chi connectivity index (χ1v) is 17.5. The minimum absolute atomic E-state index is 0.231. The van der Waals surface area contributed by atoms with Crippen LogP contribution in [-0.2, 0) is 19.2 Å². The summed E-state index contributed by atoms with van der Waals surface area (Å²) in [6, 6.07) is 21.6. The van der Waals surface area contributed by atoms with Gasteiger partial charge in [0.05, 0.1) is 0 Å². The molecule has 0 aliphatic carbocycles. The summed E-state index contributed by atoms with van der Waals surface area (Å²) < 4.78 is 0. The maximum absolute atomic E-state index is 12.1. The monoisotopic (exact) mass is 742 g/mol. The number of aromatic nitrogens is 8. The number of carbonyl (C=O) groups excluding carboxylic acids is 4. The van der Waals surface area contributed by atoms with Gasteiger partial charge in [-0.1, -0.05) is 0 Å². The first kappa shape index (κ1) is 33.9. The van der Waals surface area contributed by atoms with Crippen molar-refractivity contribution in [1.82, 2.24) is 39.9 Å². The minimum Gasteiger partial charge on any atom is -0.326 e. The summed E-state index contributed by atoms with van der Waals surface area (Å²) >= 11 is 0. The molecule has 4 aromatic carbocycles. The van der Waals surface area contributed by atoms with Crippen molar-refractivity contribution in [1.29, 1.82) is 0 Å². The lowest BCUT2D eigenvalue weighted by atomic mass is 10.1. The summed E-state index contributed by atoms with van der Waals surface area (Å²) in [5.41, 5.74) is 6.45. The van der Waals surface area contributed by atoms with Crippen LogP contribution in [0.3, 0.4) is 0 Å². The second kappa shape index (κ2) is 12.9. The molecule has 2 aliphatic heterocycles. The van der Waals surface area contributed by atoms with Gasteiger partial charge in [0.1, 0.15) is 22.6 Å². The normalized spacial score (nSPS) is 11.5. The molecule has 0 saturated carbocycles. The molecule has 56 heavy (non-hydrogen) atoms. The Labute approximate surface area is 316 Å². The van der Waals surface area contributed by atoms with Gasteiger partial charge >= 0.3 is 0 Å². The highest BCUT2D eigenvalue weighted by Gasteiger charge is 2.24. The van der Waals surface area contributed by atoms with Crippen LogP contribution in [-0.4, -0.2) is 63.5 Å². The molecule has 274 valence electrons. The molecule has 5 heterocycles. The van der Waals surface area contributed by atoms with Crippen molar-refractivity contribution >= 4 is 90.5 Å². The van der Waals surface area contributed by atoms with Gasteiger partial charge in [0.25, 0.3) is 0 Å². The molecule has 7 aromatic rings. The van der Waals surface area contributed by atoms with E-state index in [4.69, 9.17) is 29.9 Å². The summed E-state index contributed by atoms with van der Waals surface area (Å²) in [5.74, 6) is 0.381. The van der Waals surface area contributed by atoms with Gasteiger partial charge in [0.15, 0.2) is 23.3 Å². The van der Waals surface area contributed by atoms with Gasteiger partial charge in [0, 0.05) is 94.2 Å². The molecule has 16 nitrogen and oxygen atoms in total. The number of amides is 4. The Morgan fingerprint density at radius 1 is 0.375 bits per heavy atom. The minimum atomic E-state index is -0.241. The van der Waals surface area contributed by atoms with Gasteiger partial charge in [-0.3, -0.25) is 19.2 Å². The Morgan fingerprint density at radius 3 is 1.04 bits per heavy atom. The molecule has 0 atom stereocenters. The number of fused-ring (bicyclic) bond motifs is 20. The summed E-state index contributed by atoms with van der Waals surface area (Å²) in [6.07, 6.45) is 0. The van der Waals surface area contributed by atoms with Crippen LogP contribution in [0.1, 0.15) is 27.7 Å². The Balaban J connectivity index is 1.43. The van der Waals surface area contributed by atoms with Crippen LogP contribution in [0.25, 0.3) is 89.7 Å². The predicted octanol–water partition coefficient (Wildman–Crippen LogP) is 6.70. The zero-order valence-electron chi connectivity index (χ0n) is 30.2. The van der Waals surface area contributed by atoms with E-state index in [1.807, 2.05) is 24.3 Å². The zero-order chi connectivity index (χ0) is 38.8. The SMILES string of the molecule is CC(=O)Nc1ccc2c(c1)-c1nc-2nc2[nH]c(nc3nc(nc4[nH]c(n1)c1ccc(NC(C)=O)cc41)-c1cc(NC(C)=O)ccc1-3)c1cc(NC(C)=O)ccc21. The van der Waals surface area contributed by atoms with E-state index < -0.39 is 0 Å². The molecule has 9 rings (SSSR count). The van der Waals surface area contributed by atoms with Crippen LogP contribution in [0.4, 0.5) is 22.7 Å². The third kappa shape index (κ3) is 6.09. The molecular formula is C40H30N12O4. The van der Waals surface area contributed by atoms with Crippen molar-refractivity contribution in [2.75, 3.05) is 21.3 Å². The van der Waals surface area contributed by atoms with Gasteiger partial charge in [0.2, 0.25) is 23.6 Å². The summed E-state index contributed by atoms with van der Waals surface area (Å²) in [6.45, 7) is 5.72. The summed E-state index contributed by atoms with van der Waals surface area (Å²) in [5, 5.41) is 14.0. The summed E-state index contributed by atoms with van der Waals surface area (Å²) in [4.78, 5) is 84.8. The third-order valence-electron chi connectivity index (χ3n) is 9.11. The Morgan fingerprint density at radius 2 is 0.679 bits per heavy atom. The highest BCUT2D eigenvalue weighted by atomic mass is 16.2. The van der Waals surface area contributed by atoms with Crippen LogP contribution in [0.2, 0.25) is 0 Å². The number of rotatable bonds is 4. The van der Waals surface area contributed by atoms with E-state index in [0.717, 1.165) is 0 Å². The average Bonchev–Trinajstić information content (AvgIpc) is 3.85. The van der Waals surface area contributed by atoms with Crippen molar-refractivity contribution in [2.45, 2.75) is 27.7 Å². The zero-order valence-corrected chi connectivity index (χ0v) is 30.2. The number of anilines is 4. The van der Waals surface area contributed by atoms with Gasteiger partial charge in [-0.05, 0) is 72.8 Å². The van der Waals surface area contributed by atoms with Crippen LogP contribution in [0, 0.1) is 0 Å². The fourth-order valence-corrected chi connectivity index (χ4v) is 6.92. The van der Waals surface area contributed by atoms with E-state index in [1.54, 1.807) is 48.5 Å². The van der Waals surface area contributed by atoms with E-state index in [-0.39, 0.29) is 23.6 Å². The molecular weight excluding hydrogens is 713 g/mol. The van der Waals surface area contributed by atoms with Gasteiger partial charge in [-0.2, -0.15) is 0 Å². The average molecular weight is 743 g/mol. The number of nitrogens with zero attached hydrogens (tertiary/aromatic N) is 6. The number of nitrogens with one attached hydrogen (secondary N) is 6. The fraction of sp³-hybridized carbons (Fsp3) is 0.100. The largest absolute Gasteiger partial charge is 0.326 e. The molecule has 4 amide bonds. The first-order chi connectivity index (χ1) is 26.9. The quantitative estimate of drug-likeness (QED) is 0.112. The number of H-pyrrole nitrogens is 2. The number of hydrogen-bond donors (Lipinski definition) is 6. The molecule has 0 spiro atoms. The number of hydrogen-bond acceptors (Lipinski definition) is 10. The van der Waals surface area contributed by atoms with E-state index in [2.05, 4.69) is 31.2 Å². The van der Waals surface area contributed by atoms with Crippen LogP contribution >= 0.6 is 0 Å². The van der Waals surface area contributed by atoms with Crippen molar-refractivity contribution in [3.63, 3.8) is 0 Å². The van der Waals surface area contributed by atoms with E-state index in [0.29, 0.717) is 112 Å². The molecule has 0 unspecified atom stereocenters. The van der Waals surface area contributed by atoms with E-state index in [9.17, 15) is 19.2 Å². The molecule has 0 fully saturated rings. The summed E-state index contributed by atoms with van der Waals surface area (Å²) in [7, 11) is 0. The third-order valence-corrected chi connectivity index (χ3v) is 9.11. The smallest absolute Gasteiger partial charge is 0.221 e. The fourth-order valence-electron chi connectivity index (χ4n) is 6.92. The van der Waals surface area contributed by atoms with E-state index >= 15 is 0 Å². The second-order valence-corrected chi connectivity index (χ2v) is 13.4. The molecule has 0 saturated heterocycles. The molecule has 16 heteroatoms. The van der Waals surface area contributed by atoms with Gasteiger partial charge in [-0.25, -0.2) is 29.9 Å². The molecule has 8 bridgehead atoms. The lowest BCUT2D eigenvalue weighted by Gasteiger charge is -2.05. The van der Waals surface area contributed by atoms with Crippen LogP contribution < -0.4 is 21.3 Å². The van der Waals surface area contributed by atoms with Crippen molar-refractivity contribution in [2.24, 2.45) is 0 Å². The number of carbonyl (C=O) groups is 4. The van der Waals surface area contributed by atoms with Gasteiger partial charge in [-0.15, -0.1) is 0 Å². The van der Waals surface area contributed by atoms with Crippen molar-refractivity contribution in [3.05, 3.63) is 72.8 Å². The maximum atomic E-state index is 12.1. The number of aromatic amines is 2. The van der Waals surface area contributed by atoms with Crippen molar-refractivity contribution in [3.8, 4) is 45.6 Å². The lowest BCUT2D eigenvalue weighted by molar-refractivity contribution is -0.115. The lowest BCUT2D eigenvalue weighted by Crippen LogP contribution is -2.05. The standard InChI is InChI=1S/C40H30N12O4/c1-17(53)41-21-5-9-25-29(13-21)37-46-33(25)45-34-26-10-6-22(42-18(2)54)14-30(26)38(47-34)49-36-28-12-8-24(44-20(4)56)16-32(28)40(51-36)52-39-31-15-23(43-19(3)55)7-11-27(31)35(48-37)50-39/h5-16H,1-4H3,(H,41,53)(H,42,54)(H,43,55)(H,44,56)(H2,45,46,47,48,49,50,51,52). The van der Waals surface area contributed by atoms with E-state index in [1.165, 1.54) is 27.7 Å². The molecule has 3 aromatic heterocycles. The highest BCUT2D eigenvalue weighted by Crippen LogP contribution is 2.39. The Hall–Kier alpha value is -7.88. The molecule has 2 aliphatic rings. The number of benzene rings is 4. The molecule has 0 radical (unpaired) electrons. The van der Waals surface area contributed by atoms with Gasteiger partial charge < -0.3 is 31.2 Å². The predicted molar refractivity (Wildman–Crippen MR) is 213 cm³/mol. The van der Waals surface area contributed by atoms with Crippen LogP contribution in [0.5, 0.6) is 0 Å². The first-order valence-electron chi connectivity index (χ1n) is 17.5. The topological polar surface area (TPSA) is 225 Å². The maximum Gasteiger partial charge on any atom is 0.221 e. The second-order valence-electron chi connectivity index (χ2n) is 13.4. The Kier molecular flexibility index (Phi) is 7.82. The molecule has 6 N–H and O–H groups in total.